The predicted molar refractivity (Wildman–Crippen MR) is 93.1 cm³/mol. The molecular formula is C17H16N2O5S. The van der Waals surface area contributed by atoms with Gasteiger partial charge in [-0.3, -0.25) is 4.79 Å². The number of hydrogen-bond acceptors (Lipinski definition) is 4. The molecule has 25 heavy (non-hydrogen) atoms. The molecule has 0 saturated heterocycles. The summed E-state index contributed by atoms with van der Waals surface area (Å²) < 4.78 is 26.3. The van der Waals surface area contributed by atoms with Gasteiger partial charge in [0.25, 0.3) is 10.0 Å². The van der Waals surface area contributed by atoms with Crippen molar-refractivity contribution in [3.8, 4) is 0 Å². The Morgan fingerprint density at radius 1 is 0.920 bits per heavy atom. The molecule has 3 N–H and O–H groups in total. The molecular weight excluding hydrogens is 344 g/mol. The largest absolute Gasteiger partial charge is 0.480 e. The average molecular weight is 360 g/mol. The number of aliphatic carboxylic acids is 1. The van der Waals surface area contributed by atoms with Crippen LogP contribution in [0.25, 0.3) is 5.57 Å². The Labute approximate surface area is 145 Å². The van der Waals surface area contributed by atoms with Crippen LogP contribution >= 0.6 is 0 Å². The monoisotopic (exact) mass is 360 g/mol. The van der Waals surface area contributed by atoms with Gasteiger partial charge in [-0.05, 0) is 11.1 Å². The second-order valence-corrected chi connectivity index (χ2v) is 6.52. The van der Waals surface area contributed by atoms with Gasteiger partial charge in [-0.2, -0.15) is 0 Å². The highest BCUT2D eigenvalue weighted by Crippen LogP contribution is 2.23. The zero-order chi connectivity index (χ0) is 18.3. The van der Waals surface area contributed by atoms with Crippen LogP contribution in [0.1, 0.15) is 11.1 Å². The van der Waals surface area contributed by atoms with E-state index < -0.39 is 28.6 Å². The number of carboxylic acids is 1. The quantitative estimate of drug-likeness (QED) is 0.727. The average Bonchev–Trinajstić information content (AvgIpc) is 2.59. The Kier molecular flexibility index (Phi) is 5.91. The van der Waals surface area contributed by atoms with E-state index in [-0.39, 0.29) is 0 Å². The van der Waals surface area contributed by atoms with Crippen LogP contribution in [-0.4, -0.2) is 32.1 Å². The van der Waals surface area contributed by atoms with Gasteiger partial charge >= 0.3 is 12.0 Å². The van der Waals surface area contributed by atoms with E-state index in [9.17, 15) is 18.0 Å². The molecule has 7 nitrogen and oxygen atoms in total. The number of carbonyl (C=O) groups excluding carboxylic acids is 1. The third-order valence-electron chi connectivity index (χ3n) is 3.08. The summed E-state index contributed by atoms with van der Waals surface area (Å²) in [5, 5.41) is 11.4. The molecule has 0 aliphatic rings. The molecule has 8 heteroatoms. The zero-order valence-electron chi connectivity index (χ0n) is 13.0. The van der Waals surface area contributed by atoms with Crippen LogP contribution in [0.15, 0.2) is 66.1 Å². The molecule has 0 fully saturated rings. The first kappa shape index (κ1) is 18.2. The fourth-order valence-corrected chi connectivity index (χ4v) is 3.02. The van der Waals surface area contributed by atoms with E-state index in [0.717, 1.165) is 5.41 Å². The summed E-state index contributed by atoms with van der Waals surface area (Å²) in [6.07, 6.45) is 0. The first-order valence-corrected chi connectivity index (χ1v) is 8.77. The molecule has 0 unspecified atom stereocenters. The van der Waals surface area contributed by atoms with Crippen LogP contribution in [0.5, 0.6) is 0 Å². The number of urea groups is 1. The summed E-state index contributed by atoms with van der Waals surface area (Å²) in [7, 11) is -4.14. The lowest BCUT2D eigenvalue weighted by Crippen LogP contribution is -2.40. The number of sulfonamides is 1. The highest BCUT2D eigenvalue weighted by Gasteiger charge is 2.15. The van der Waals surface area contributed by atoms with Crippen LogP contribution < -0.4 is 10.0 Å². The minimum absolute atomic E-state index is 0.403. The molecule has 0 atom stereocenters. The van der Waals surface area contributed by atoms with E-state index in [1.165, 1.54) is 0 Å². The Hall–Kier alpha value is -3.13. The minimum atomic E-state index is -4.14. The van der Waals surface area contributed by atoms with Crippen molar-refractivity contribution >= 4 is 27.6 Å². The topological polar surface area (TPSA) is 113 Å². The number of amides is 2. The first-order valence-electron chi connectivity index (χ1n) is 7.22. The van der Waals surface area contributed by atoms with Gasteiger partial charge in [0.15, 0.2) is 0 Å². The van der Waals surface area contributed by atoms with E-state index in [0.29, 0.717) is 16.7 Å². The summed E-state index contributed by atoms with van der Waals surface area (Å²) in [5.74, 6) is -1.28. The number of nitrogens with one attached hydrogen (secondary N) is 2. The SMILES string of the molecule is O=C(O)CNC(=O)NS(=O)(=O)C=C(c1ccccc1)c1ccccc1. The lowest BCUT2D eigenvalue weighted by atomic mass is 10.00. The van der Waals surface area contributed by atoms with E-state index in [4.69, 9.17) is 5.11 Å². The molecule has 0 aliphatic heterocycles. The smallest absolute Gasteiger partial charge is 0.329 e. The van der Waals surface area contributed by atoms with Gasteiger partial charge < -0.3 is 10.4 Å². The molecule has 0 bridgehead atoms. The molecule has 2 rings (SSSR count). The molecule has 130 valence electrons. The van der Waals surface area contributed by atoms with Gasteiger partial charge in [-0.1, -0.05) is 60.7 Å². The normalized spacial score (nSPS) is 10.6. The molecule has 0 heterocycles. The van der Waals surface area contributed by atoms with Crippen LogP contribution in [-0.2, 0) is 14.8 Å². The van der Waals surface area contributed by atoms with Crippen LogP contribution in [0.3, 0.4) is 0 Å². The van der Waals surface area contributed by atoms with Gasteiger partial charge in [0.05, 0.1) is 5.41 Å². The van der Waals surface area contributed by atoms with Crippen molar-refractivity contribution in [3.05, 3.63) is 77.2 Å². The fourth-order valence-electron chi connectivity index (χ4n) is 2.04. The molecule has 2 aromatic carbocycles. The number of carbonyl (C=O) groups is 2. The predicted octanol–water partition coefficient (Wildman–Crippen LogP) is 1.79. The van der Waals surface area contributed by atoms with Crippen molar-refractivity contribution < 1.29 is 23.1 Å². The third-order valence-corrected chi connectivity index (χ3v) is 4.09. The van der Waals surface area contributed by atoms with Crippen molar-refractivity contribution in [1.82, 2.24) is 10.0 Å². The molecule has 0 spiro atoms. The van der Waals surface area contributed by atoms with Crippen molar-refractivity contribution in [2.75, 3.05) is 6.54 Å². The Bertz CT molecular complexity index is 836. The van der Waals surface area contributed by atoms with Crippen molar-refractivity contribution in [2.24, 2.45) is 0 Å². The number of carboxylic acid groups (broad SMARTS) is 1. The van der Waals surface area contributed by atoms with Crippen LogP contribution in [0.2, 0.25) is 0 Å². The number of benzene rings is 2. The molecule has 2 amide bonds. The highest BCUT2D eigenvalue weighted by molar-refractivity contribution is 7.93. The maximum absolute atomic E-state index is 12.2. The van der Waals surface area contributed by atoms with E-state index in [1.807, 2.05) is 5.32 Å². The molecule has 0 radical (unpaired) electrons. The van der Waals surface area contributed by atoms with Crippen molar-refractivity contribution in [3.63, 3.8) is 0 Å². The van der Waals surface area contributed by atoms with Crippen LogP contribution in [0.4, 0.5) is 4.79 Å². The zero-order valence-corrected chi connectivity index (χ0v) is 13.9. The van der Waals surface area contributed by atoms with Crippen LogP contribution in [0, 0.1) is 0 Å². The molecule has 0 aromatic heterocycles. The fraction of sp³-hybridized carbons (Fsp3) is 0.0588. The molecule has 2 aromatic rings. The minimum Gasteiger partial charge on any atom is -0.480 e. The lowest BCUT2D eigenvalue weighted by Gasteiger charge is -2.10. The summed E-state index contributed by atoms with van der Waals surface area (Å²) in [6.45, 7) is -0.685. The Morgan fingerprint density at radius 2 is 1.40 bits per heavy atom. The lowest BCUT2D eigenvalue weighted by molar-refractivity contribution is -0.135. The van der Waals surface area contributed by atoms with Gasteiger partial charge in [0.2, 0.25) is 0 Å². The Morgan fingerprint density at radius 3 is 1.84 bits per heavy atom. The van der Waals surface area contributed by atoms with Gasteiger partial charge in [-0.15, -0.1) is 0 Å². The maximum atomic E-state index is 12.2. The van der Waals surface area contributed by atoms with Crippen molar-refractivity contribution in [2.45, 2.75) is 0 Å². The first-order chi connectivity index (χ1) is 11.9. The standard InChI is InChI=1S/C17H16N2O5S/c20-16(21)11-18-17(22)19-25(23,24)12-15(13-7-3-1-4-8-13)14-9-5-2-6-10-14/h1-10,12H,11H2,(H,20,21)(H2,18,19,22). The van der Waals surface area contributed by atoms with Crippen molar-refractivity contribution in [1.29, 1.82) is 0 Å². The summed E-state index contributed by atoms with van der Waals surface area (Å²) >= 11 is 0. The third kappa shape index (κ3) is 5.78. The summed E-state index contributed by atoms with van der Waals surface area (Å²) in [6, 6.07) is 16.6. The summed E-state index contributed by atoms with van der Waals surface area (Å²) in [5.41, 5.74) is 1.72. The Balaban J connectivity index is 2.33. The van der Waals surface area contributed by atoms with E-state index in [1.54, 1.807) is 65.4 Å². The van der Waals surface area contributed by atoms with Gasteiger partial charge in [0.1, 0.15) is 6.54 Å². The van der Waals surface area contributed by atoms with E-state index in [2.05, 4.69) is 0 Å². The highest BCUT2D eigenvalue weighted by atomic mass is 32.2. The number of rotatable bonds is 6. The second-order valence-electron chi connectivity index (χ2n) is 4.99. The van der Waals surface area contributed by atoms with Gasteiger partial charge in [0, 0.05) is 5.57 Å². The van der Waals surface area contributed by atoms with E-state index >= 15 is 0 Å². The number of hydrogen-bond donors (Lipinski definition) is 3. The summed E-state index contributed by atoms with van der Waals surface area (Å²) in [4.78, 5) is 21.9. The molecule has 0 saturated carbocycles. The van der Waals surface area contributed by atoms with Gasteiger partial charge in [-0.25, -0.2) is 17.9 Å². The molecule has 0 aliphatic carbocycles. The second kappa shape index (κ2) is 8.11. The maximum Gasteiger partial charge on any atom is 0.329 e.